The fourth-order valence-corrected chi connectivity index (χ4v) is 3.81. The summed E-state index contributed by atoms with van der Waals surface area (Å²) >= 11 is 5.90. The van der Waals surface area contributed by atoms with Gasteiger partial charge in [-0.25, -0.2) is 4.98 Å². The van der Waals surface area contributed by atoms with E-state index in [-0.39, 0.29) is 0 Å². The van der Waals surface area contributed by atoms with Crippen molar-refractivity contribution in [3.63, 3.8) is 0 Å². The average Bonchev–Trinajstić information content (AvgIpc) is 3.22. The number of nitrogens with zero attached hydrogens (tertiary/aromatic N) is 3. The number of pyridine rings is 1. The number of aromatic amines is 1. The van der Waals surface area contributed by atoms with Gasteiger partial charge in [-0.2, -0.15) is 5.10 Å². The smallest absolute Gasteiger partial charge is 0.129 e. The van der Waals surface area contributed by atoms with Gasteiger partial charge < -0.3 is 9.64 Å². The Balaban J connectivity index is 1.50. The highest BCUT2D eigenvalue weighted by molar-refractivity contribution is 6.29. The molecular weight excluding hydrogens is 336 g/mol. The summed E-state index contributed by atoms with van der Waals surface area (Å²) in [6, 6.07) is 10.5. The van der Waals surface area contributed by atoms with Gasteiger partial charge in [0.25, 0.3) is 0 Å². The summed E-state index contributed by atoms with van der Waals surface area (Å²) in [4.78, 5) is 6.57. The van der Waals surface area contributed by atoms with Crippen molar-refractivity contribution in [3.8, 4) is 22.5 Å². The minimum atomic E-state index is 0.495. The van der Waals surface area contributed by atoms with E-state index < -0.39 is 0 Å². The van der Waals surface area contributed by atoms with Gasteiger partial charge >= 0.3 is 0 Å². The van der Waals surface area contributed by atoms with Crippen molar-refractivity contribution in [2.45, 2.75) is 6.42 Å². The van der Waals surface area contributed by atoms with Gasteiger partial charge in [0.15, 0.2) is 0 Å². The first kappa shape index (κ1) is 14.9. The largest absolute Gasteiger partial charge is 0.378 e. The molecule has 0 spiro atoms. The van der Waals surface area contributed by atoms with Gasteiger partial charge in [0, 0.05) is 48.1 Å². The number of nitrogens with one attached hydrogen (secondary N) is 1. The Labute approximate surface area is 150 Å². The fourth-order valence-electron chi connectivity index (χ4n) is 3.69. The van der Waals surface area contributed by atoms with E-state index in [1.165, 1.54) is 22.4 Å². The summed E-state index contributed by atoms with van der Waals surface area (Å²) in [7, 11) is 0. The van der Waals surface area contributed by atoms with Crippen LogP contribution in [0.3, 0.4) is 0 Å². The summed E-state index contributed by atoms with van der Waals surface area (Å²) in [6.45, 7) is 3.50. The number of aromatic nitrogens is 3. The van der Waals surface area contributed by atoms with Gasteiger partial charge in [-0.3, -0.25) is 5.10 Å². The Morgan fingerprint density at radius 3 is 2.80 bits per heavy atom. The number of hydrogen-bond acceptors (Lipinski definition) is 4. The second-order valence-electron chi connectivity index (χ2n) is 6.41. The number of fused-ring (bicyclic) bond motifs is 3. The van der Waals surface area contributed by atoms with Crippen LogP contribution in [0, 0.1) is 0 Å². The lowest BCUT2D eigenvalue weighted by Gasteiger charge is -2.29. The molecule has 0 atom stereocenters. The molecule has 5 rings (SSSR count). The highest BCUT2D eigenvalue weighted by Gasteiger charge is 2.26. The summed E-state index contributed by atoms with van der Waals surface area (Å²) in [5.41, 5.74) is 8.16. The first-order valence-corrected chi connectivity index (χ1v) is 8.82. The van der Waals surface area contributed by atoms with E-state index in [4.69, 9.17) is 16.3 Å². The van der Waals surface area contributed by atoms with E-state index in [1.54, 1.807) is 12.3 Å². The molecule has 3 aromatic rings. The van der Waals surface area contributed by atoms with Gasteiger partial charge in [-0.15, -0.1) is 0 Å². The predicted molar refractivity (Wildman–Crippen MR) is 98.1 cm³/mol. The van der Waals surface area contributed by atoms with Crippen LogP contribution in [0.4, 0.5) is 5.69 Å². The average molecular weight is 353 g/mol. The molecule has 126 valence electrons. The topological polar surface area (TPSA) is 54.0 Å². The monoisotopic (exact) mass is 352 g/mol. The second-order valence-corrected chi connectivity index (χ2v) is 6.80. The molecule has 1 aliphatic carbocycles. The lowest BCUT2D eigenvalue weighted by Crippen LogP contribution is -2.36. The maximum atomic E-state index is 5.90. The van der Waals surface area contributed by atoms with E-state index >= 15 is 0 Å². The molecule has 0 radical (unpaired) electrons. The van der Waals surface area contributed by atoms with Crippen LogP contribution in [0.15, 0.2) is 36.5 Å². The lowest BCUT2D eigenvalue weighted by molar-refractivity contribution is 0.122. The quantitative estimate of drug-likeness (QED) is 0.561. The zero-order valence-corrected chi connectivity index (χ0v) is 14.4. The normalized spacial score (nSPS) is 16.0. The molecule has 0 unspecified atom stereocenters. The standard InChI is InChI=1S/C19H17ClN4O/c20-17-4-1-12(11-21-17)18-16-10-13-9-14(24-5-7-25-8-6-24)2-3-15(13)19(16)23-22-18/h1-4,9,11H,5-8,10H2,(H,22,23). The van der Waals surface area contributed by atoms with Crippen LogP contribution in [0.1, 0.15) is 11.1 Å². The number of benzene rings is 1. The highest BCUT2D eigenvalue weighted by Crippen LogP contribution is 2.41. The Kier molecular flexibility index (Phi) is 3.50. The minimum absolute atomic E-state index is 0.495. The van der Waals surface area contributed by atoms with Gasteiger partial charge in [-0.05, 0) is 29.8 Å². The van der Waals surface area contributed by atoms with Crippen molar-refractivity contribution < 1.29 is 4.74 Å². The fraction of sp³-hybridized carbons (Fsp3) is 0.263. The van der Waals surface area contributed by atoms with Gasteiger partial charge in [-0.1, -0.05) is 17.7 Å². The van der Waals surface area contributed by atoms with Crippen LogP contribution in [-0.4, -0.2) is 41.5 Å². The summed E-state index contributed by atoms with van der Waals surface area (Å²) in [6.07, 6.45) is 2.66. The number of H-pyrrole nitrogens is 1. The van der Waals surface area contributed by atoms with Crippen LogP contribution in [-0.2, 0) is 11.2 Å². The van der Waals surface area contributed by atoms with Crippen LogP contribution in [0.5, 0.6) is 0 Å². The second kappa shape index (κ2) is 5.86. The number of anilines is 1. The number of rotatable bonds is 2. The molecule has 1 fully saturated rings. The predicted octanol–water partition coefficient (Wildman–Crippen LogP) is 3.53. The molecule has 1 N–H and O–H groups in total. The third kappa shape index (κ3) is 2.51. The molecule has 1 aromatic carbocycles. The number of morpholine rings is 1. The zero-order valence-electron chi connectivity index (χ0n) is 13.6. The first-order chi connectivity index (χ1) is 12.3. The van der Waals surface area contributed by atoms with Gasteiger partial charge in [0.1, 0.15) is 5.15 Å². The Hall–Kier alpha value is -2.37. The number of hydrogen-bond donors (Lipinski definition) is 1. The van der Waals surface area contributed by atoms with Crippen molar-refractivity contribution in [2.24, 2.45) is 0 Å². The number of ether oxygens (including phenoxy) is 1. The van der Waals surface area contributed by atoms with Crippen LogP contribution in [0.25, 0.3) is 22.5 Å². The molecule has 5 nitrogen and oxygen atoms in total. The van der Waals surface area contributed by atoms with Crippen molar-refractivity contribution in [2.75, 3.05) is 31.2 Å². The van der Waals surface area contributed by atoms with Gasteiger partial charge in [0.05, 0.1) is 24.6 Å². The molecule has 0 bridgehead atoms. The molecule has 0 amide bonds. The first-order valence-electron chi connectivity index (χ1n) is 8.45. The zero-order chi connectivity index (χ0) is 16.8. The molecule has 2 aromatic heterocycles. The Morgan fingerprint density at radius 1 is 1.12 bits per heavy atom. The lowest BCUT2D eigenvalue weighted by atomic mass is 10.1. The molecule has 1 aliphatic heterocycles. The van der Waals surface area contributed by atoms with Gasteiger partial charge in [0.2, 0.25) is 0 Å². The SMILES string of the molecule is Clc1ccc(-c2n[nH]c3c2Cc2cc(N4CCOCC4)ccc2-3)cn1. The molecule has 25 heavy (non-hydrogen) atoms. The van der Waals surface area contributed by atoms with E-state index in [1.807, 2.05) is 6.07 Å². The molecule has 2 aliphatic rings. The summed E-state index contributed by atoms with van der Waals surface area (Å²) in [5.74, 6) is 0. The van der Waals surface area contributed by atoms with Crippen molar-refractivity contribution in [1.29, 1.82) is 0 Å². The maximum absolute atomic E-state index is 5.90. The molecular formula is C19H17ClN4O. The van der Waals surface area contributed by atoms with E-state index in [2.05, 4.69) is 38.3 Å². The maximum Gasteiger partial charge on any atom is 0.129 e. The van der Waals surface area contributed by atoms with Crippen LogP contribution < -0.4 is 4.90 Å². The molecule has 1 saturated heterocycles. The molecule has 6 heteroatoms. The van der Waals surface area contributed by atoms with E-state index in [9.17, 15) is 0 Å². The van der Waals surface area contributed by atoms with E-state index in [0.29, 0.717) is 5.15 Å². The third-order valence-electron chi connectivity index (χ3n) is 4.97. The van der Waals surface area contributed by atoms with Crippen molar-refractivity contribution in [1.82, 2.24) is 15.2 Å². The van der Waals surface area contributed by atoms with Crippen molar-refractivity contribution in [3.05, 3.63) is 52.8 Å². The molecule has 3 heterocycles. The third-order valence-corrected chi connectivity index (χ3v) is 5.19. The Bertz CT molecular complexity index is 929. The highest BCUT2D eigenvalue weighted by atomic mass is 35.5. The van der Waals surface area contributed by atoms with Crippen LogP contribution in [0.2, 0.25) is 5.15 Å². The molecule has 0 saturated carbocycles. The minimum Gasteiger partial charge on any atom is -0.378 e. The van der Waals surface area contributed by atoms with E-state index in [0.717, 1.165) is 49.7 Å². The summed E-state index contributed by atoms with van der Waals surface area (Å²) < 4.78 is 5.45. The summed E-state index contributed by atoms with van der Waals surface area (Å²) in [5, 5.41) is 8.22. The number of halogens is 1. The van der Waals surface area contributed by atoms with Crippen molar-refractivity contribution >= 4 is 17.3 Å². The van der Waals surface area contributed by atoms with Crippen LogP contribution >= 0.6 is 11.6 Å². The Morgan fingerprint density at radius 2 is 2.00 bits per heavy atom.